The monoisotopic (exact) mass is 794 g/mol. The molecule has 5 aliphatic rings. The van der Waals surface area contributed by atoms with E-state index in [1.807, 2.05) is 0 Å². The molecule has 0 saturated carbocycles. The maximum Gasteiger partial charge on any atom is 0.352 e. The zero-order valence-electron chi connectivity index (χ0n) is 27.5. The van der Waals surface area contributed by atoms with Crippen LogP contribution in [0.5, 0.6) is 11.5 Å². The number of nitrogens with two attached hydrogens (primary N) is 1. The van der Waals surface area contributed by atoms with E-state index in [0.29, 0.717) is 55.6 Å². The predicted octanol–water partition coefficient (Wildman–Crippen LogP) is 0.312. The number of phenolic OH excluding ortho intramolecular Hbond substituents is 2. The molecule has 22 heteroatoms. The van der Waals surface area contributed by atoms with E-state index in [0.717, 1.165) is 16.2 Å². The van der Waals surface area contributed by atoms with Crippen molar-refractivity contribution in [2.75, 3.05) is 44.2 Å². The van der Waals surface area contributed by atoms with Crippen molar-refractivity contribution in [3.8, 4) is 11.5 Å². The standard InChI is InChI=1S/C31H32ClN7O12S2/c32-20-15(1-2-17(40)24(20)43)26(45)37-5-8-39(6-3-14(37)4-7-39)10-13-11-52-28-22(27(46)38(28)23(13)30(49)50)35-25(44)21(16-12-53-31(33)34-16)36-51-18(29(47)48)9-19(41)42/h1-2,12,14,18,22,28H,3-11H2,(H7-,33,34,35,36,40,41,42,43,44,45,47,48,49,50)/p+1/t14?,18-,22+,28+,39?/m0/s1. The Balaban J connectivity index is 1.17. The Morgan fingerprint density at radius 3 is 2.47 bits per heavy atom. The number of nitrogens with one attached hydrogen (secondary N) is 1. The zero-order valence-corrected chi connectivity index (χ0v) is 29.9. The van der Waals surface area contributed by atoms with Crippen LogP contribution in [0, 0.1) is 0 Å². The molecule has 1 aromatic carbocycles. The summed E-state index contributed by atoms with van der Waals surface area (Å²) < 4.78 is 0.476. The number of nitrogen functional groups attached to an aromatic ring is 1. The minimum atomic E-state index is -1.94. The fraction of sp³-hybridized carbons (Fsp3) is 0.419. The number of quaternary nitrogens is 1. The summed E-state index contributed by atoms with van der Waals surface area (Å²) in [5.74, 6) is -7.39. The van der Waals surface area contributed by atoms with Crippen molar-refractivity contribution in [2.24, 2.45) is 5.16 Å². The molecule has 2 bridgehead atoms. The first-order valence-electron chi connectivity index (χ1n) is 16.1. The Morgan fingerprint density at radius 1 is 1.13 bits per heavy atom. The van der Waals surface area contributed by atoms with Gasteiger partial charge in [-0.2, -0.15) is 0 Å². The Kier molecular flexibility index (Phi) is 10.5. The van der Waals surface area contributed by atoms with E-state index in [4.69, 9.17) is 27.3 Å². The maximum absolute atomic E-state index is 13.6. The van der Waals surface area contributed by atoms with Gasteiger partial charge in [0.2, 0.25) is 6.10 Å². The number of carbonyl (C=O) groups is 6. The zero-order chi connectivity index (χ0) is 38.4. The van der Waals surface area contributed by atoms with Crippen LogP contribution in [0.4, 0.5) is 5.13 Å². The first-order chi connectivity index (χ1) is 25.1. The van der Waals surface area contributed by atoms with Crippen LogP contribution in [0.2, 0.25) is 5.02 Å². The number of benzene rings is 1. The molecule has 0 aliphatic carbocycles. The van der Waals surface area contributed by atoms with Crippen molar-refractivity contribution in [3.63, 3.8) is 0 Å². The van der Waals surface area contributed by atoms with Crippen molar-refractivity contribution in [1.82, 2.24) is 20.1 Å². The largest absolute Gasteiger partial charge is 0.504 e. The van der Waals surface area contributed by atoms with Gasteiger partial charge in [-0.3, -0.25) is 24.1 Å². The molecule has 7 rings (SSSR count). The topological polar surface area (TPSA) is 283 Å². The molecule has 0 radical (unpaired) electrons. The lowest BCUT2D eigenvalue weighted by Crippen LogP contribution is -2.71. The summed E-state index contributed by atoms with van der Waals surface area (Å²) in [5.41, 5.74) is 5.38. The number of halogens is 1. The summed E-state index contributed by atoms with van der Waals surface area (Å²) in [7, 11) is 0. The molecule has 4 saturated heterocycles. The van der Waals surface area contributed by atoms with E-state index in [1.54, 1.807) is 4.90 Å². The number of fused-ring (bicyclic) bond motifs is 5. The lowest BCUT2D eigenvalue weighted by molar-refractivity contribution is -0.924. The fourth-order valence-electron chi connectivity index (χ4n) is 6.98. The number of phenols is 2. The van der Waals surface area contributed by atoms with Crippen LogP contribution in [0.15, 0.2) is 33.9 Å². The molecule has 3 atom stereocenters. The van der Waals surface area contributed by atoms with Gasteiger partial charge in [-0.25, -0.2) is 14.6 Å². The second-order valence-corrected chi connectivity index (χ2v) is 15.2. The minimum Gasteiger partial charge on any atom is -0.504 e. The molecule has 0 spiro atoms. The molecule has 0 unspecified atom stereocenters. The Bertz CT molecular complexity index is 1960. The van der Waals surface area contributed by atoms with Gasteiger partial charge in [-0.1, -0.05) is 16.8 Å². The van der Waals surface area contributed by atoms with Gasteiger partial charge >= 0.3 is 17.9 Å². The number of nitrogens with zero attached hydrogens (tertiary/aromatic N) is 5. The number of thiazole rings is 1. The van der Waals surface area contributed by atoms with Crippen molar-refractivity contribution < 1.29 is 63.6 Å². The molecule has 8 N–H and O–H groups in total. The average Bonchev–Trinajstić information content (AvgIpc) is 3.36. The molecular weight excluding hydrogens is 762 g/mol. The number of aromatic nitrogens is 1. The smallest absolute Gasteiger partial charge is 0.352 e. The average molecular weight is 795 g/mol. The first-order valence-corrected chi connectivity index (χ1v) is 18.4. The van der Waals surface area contributed by atoms with Crippen molar-refractivity contribution in [1.29, 1.82) is 0 Å². The van der Waals surface area contributed by atoms with E-state index in [1.165, 1.54) is 29.3 Å². The number of anilines is 1. The third kappa shape index (κ3) is 7.28. The van der Waals surface area contributed by atoms with E-state index in [9.17, 15) is 49.2 Å². The van der Waals surface area contributed by atoms with Gasteiger partial charge in [-0.05, 0) is 12.1 Å². The number of hydrogen-bond donors (Lipinski definition) is 7. The highest BCUT2D eigenvalue weighted by atomic mass is 35.5. The number of aromatic hydroxyl groups is 2. The van der Waals surface area contributed by atoms with E-state index < -0.39 is 76.8 Å². The number of hydrogen-bond acceptors (Lipinski definition) is 14. The Morgan fingerprint density at radius 2 is 1.85 bits per heavy atom. The van der Waals surface area contributed by atoms with Crippen molar-refractivity contribution >= 4 is 81.2 Å². The summed E-state index contributed by atoms with van der Waals surface area (Å²) in [6, 6.07) is 1.23. The Hall–Kier alpha value is -5.12. The summed E-state index contributed by atoms with van der Waals surface area (Å²) in [5, 5.41) is 54.9. The number of carboxylic acid groups (broad SMARTS) is 3. The van der Waals surface area contributed by atoms with Gasteiger partial charge in [0.25, 0.3) is 17.7 Å². The van der Waals surface area contributed by atoms with Crippen molar-refractivity contribution in [3.05, 3.63) is 45.1 Å². The number of piperidine rings is 1. The normalized spacial score (nSPS) is 24.5. The molecule has 282 valence electrons. The van der Waals surface area contributed by atoms with Crippen molar-refractivity contribution in [2.45, 2.75) is 42.8 Å². The van der Waals surface area contributed by atoms with E-state index >= 15 is 0 Å². The third-order valence-electron chi connectivity index (χ3n) is 9.66. The lowest BCUT2D eigenvalue weighted by atomic mass is 9.99. The van der Waals surface area contributed by atoms with Crippen LogP contribution in [0.3, 0.4) is 0 Å². The van der Waals surface area contributed by atoms with Crippen LogP contribution in [0.25, 0.3) is 0 Å². The third-order valence-corrected chi connectivity index (χ3v) is 12.1. The number of β-lactam (4-membered cyclic amide) rings is 1. The molecule has 1 aromatic heterocycles. The van der Waals surface area contributed by atoms with E-state index in [2.05, 4.69) is 15.5 Å². The molecule has 19 nitrogen and oxygen atoms in total. The highest BCUT2D eigenvalue weighted by Gasteiger charge is 2.55. The van der Waals surface area contributed by atoms with E-state index in [-0.39, 0.29) is 38.9 Å². The van der Waals surface area contributed by atoms with Gasteiger partial charge < -0.3 is 50.8 Å². The fourth-order valence-corrected chi connectivity index (χ4v) is 9.11. The minimum absolute atomic E-state index is 0.0275. The van der Waals surface area contributed by atoms with Gasteiger partial charge in [0.05, 0.1) is 43.2 Å². The SMILES string of the molecule is Nc1nc(/C(=N/O[C@@H](CC(=O)O)C(=O)O)C(=O)N[C@@H]2C(=O)N3C(C(=O)O)=C(C[N+]45CCC(CC4)N(C(=O)c4ccc(O)c(O)c4Cl)CC5)CS[C@H]23)cs1. The highest BCUT2D eigenvalue weighted by molar-refractivity contribution is 8.00. The van der Waals surface area contributed by atoms with Crippen LogP contribution in [0.1, 0.15) is 35.3 Å². The predicted molar refractivity (Wildman–Crippen MR) is 186 cm³/mol. The summed E-state index contributed by atoms with van der Waals surface area (Å²) >= 11 is 8.37. The molecule has 2 aromatic rings. The van der Waals surface area contributed by atoms with Crippen LogP contribution in [-0.2, 0) is 28.8 Å². The molecule has 53 heavy (non-hydrogen) atoms. The maximum atomic E-state index is 13.6. The number of carboxylic acids is 3. The Labute approximate surface area is 312 Å². The molecule has 4 fully saturated rings. The van der Waals surface area contributed by atoms with Gasteiger partial charge in [0.1, 0.15) is 29.4 Å². The molecule has 6 heterocycles. The number of amides is 3. The quantitative estimate of drug-likeness (QED) is 0.0501. The number of rotatable bonds is 12. The summed E-state index contributed by atoms with van der Waals surface area (Å²) in [4.78, 5) is 87.4. The van der Waals surface area contributed by atoms with Crippen LogP contribution >= 0.6 is 34.7 Å². The van der Waals surface area contributed by atoms with Gasteiger partial charge in [0.15, 0.2) is 22.3 Å². The van der Waals surface area contributed by atoms with Crippen LogP contribution in [-0.4, -0.2) is 148 Å². The molecule has 5 aliphatic heterocycles. The number of carbonyl (C=O) groups excluding carboxylic acids is 3. The summed E-state index contributed by atoms with van der Waals surface area (Å²) in [6.07, 6.45) is -1.67. The number of thioether (sulfide) groups is 1. The highest BCUT2D eigenvalue weighted by Crippen LogP contribution is 2.42. The molecular formula is C31H33ClN7O12S2+. The number of oxime groups is 1. The lowest BCUT2D eigenvalue weighted by Gasteiger charge is -2.50. The number of aliphatic carboxylic acids is 3. The second-order valence-electron chi connectivity index (χ2n) is 12.9. The second kappa shape index (κ2) is 14.7. The molecule has 3 amide bonds. The summed E-state index contributed by atoms with van der Waals surface area (Å²) in [6.45, 7) is 2.40. The first kappa shape index (κ1) is 37.6. The van der Waals surface area contributed by atoms with Gasteiger partial charge in [-0.15, -0.1) is 23.1 Å². The van der Waals surface area contributed by atoms with Crippen LogP contribution < -0.4 is 11.1 Å². The van der Waals surface area contributed by atoms with Gasteiger partial charge in [0, 0.05) is 35.6 Å².